The summed E-state index contributed by atoms with van der Waals surface area (Å²) in [4.78, 5) is 31.6. The zero-order valence-corrected chi connectivity index (χ0v) is 21.3. The number of halogens is 4. The molecule has 3 heterocycles. The van der Waals surface area contributed by atoms with E-state index in [1.165, 1.54) is 6.33 Å². The SMILES string of the molecule is CCC(=O)N1CCOc2c(C(C)n3nc(C)c4c(N)ncnc43)cc(Cl)c(C)c2C1.O=C(O)C(F)(F)F. The van der Waals surface area contributed by atoms with Crippen LogP contribution in [0.2, 0.25) is 5.02 Å². The molecule has 0 aliphatic carbocycles. The molecule has 1 aromatic carbocycles. The van der Waals surface area contributed by atoms with E-state index in [9.17, 15) is 18.0 Å². The van der Waals surface area contributed by atoms with Crippen molar-refractivity contribution in [2.45, 2.75) is 52.9 Å². The lowest BCUT2D eigenvalue weighted by Crippen LogP contribution is -2.31. The molecule has 37 heavy (non-hydrogen) atoms. The highest BCUT2D eigenvalue weighted by atomic mass is 35.5. The highest BCUT2D eigenvalue weighted by Gasteiger charge is 2.38. The number of carboxylic acid groups (broad SMARTS) is 1. The predicted octanol–water partition coefficient (Wildman–Crippen LogP) is 4.05. The molecule has 1 amide bonds. The molecule has 1 atom stereocenters. The van der Waals surface area contributed by atoms with Crippen molar-refractivity contribution in [3.63, 3.8) is 0 Å². The van der Waals surface area contributed by atoms with Crippen molar-refractivity contribution < 1.29 is 32.6 Å². The number of fused-ring (bicyclic) bond motifs is 2. The van der Waals surface area contributed by atoms with Crippen LogP contribution in [0.5, 0.6) is 5.75 Å². The van der Waals surface area contributed by atoms with Crippen molar-refractivity contribution >= 4 is 40.3 Å². The number of anilines is 1. The largest absolute Gasteiger partial charge is 0.491 e. The maximum Gasteiger partial charge on any atom is 0.490 e. The smallest absolute Gasteiger partial charge is 0.490 e. The van der Waals surface area contributed by atoms with E-state index in [-0.39, 0.29) is 11.9 Å². The Morgan fingerprint density at radius 1 is 1.30 bits per heavy atom. The molecule has 4 rings (SSSR count). The molecule has 0 fully saturated rings. The number of carbonyl (C=O) groups excluding carboxylic acids is 1. The highest BCUT2D eigenvalue weighted by molar-refractivity contribution is 6.31. The van der Waals surface area contributed by atoms with Gasteiger partial charge in [0.05, 0.1) is 23.7 Å². The molecule has 200 valence electrons. The predicted molar refractivity (Wildman–Crippen MR) is 129 cm³/mol. The zero-order valence-electron chi connectivity index (χ0n) is 20.6. The van der Waals surface area contributed by atoms with Gasteiger partial charge in [0.15, 0.2) is 5.65 Å². The lowest BCUT2D eigenvalue weighted by atomic mass is 9.98. The number of aryl methyl sites for hydroxylation is 1. The fourth-order valence-electron chi connectivity index (χ4n) is 4.01. The van der Waals surface area contributed by atoms with Crippen molar-refractivity contribution in [3.05, 3.63) is 39.8 Å². The normalized spacial score (nSPS) is 14.2. The number of amides is 1. The van der Waals surface area contributed by atoms with Crippen molar-refractivity contribution in [1.82, 2.24) is 24.6 Å². The number of ether oxygens (including phenoxy) is 1. The number of benzene rings is 1. The maximum absolute atomic E-state index is 12.3. The third-order valence-corrected chi connectivity index (χ3v) is 6.39. The van der Waals surface area contributed by atoms with Gasteiger partial charge >= 0.3 is 12.1 Å². The summed E-state index contributed by atoms with van der Waals surface area (Å²) in [5, 5.41) is 13.2. The first-order valence-electron chi connectivity index (χ1n) is 11.3. The Hall–Kier alpha value is -3.61. The average Bonchev–Trinajstić information content (AvgIpc) is 3.02. The first kappa shape index (κ1) is 28.0. The Bertz CT molecular complexity index is 1340. The van der Waals surface area contributed by atoms with Gasteiger partial charge in [-0.1, -0.05) is 18.5 Å². The molecular formula is C23H26ClF3N6O4. The van der Waals surface area contributed by atoms with Crippen LogP contribution in [0.4, 0.5) is 19.0 Å². The minimum absolute atomic E-state index is 0.0984. The second-order valence-electron chi connectivity index (χ2n) is 8.36. The van der Waals surface area contributed by atoms with Gasteiger partial charge in [-0.15, -0.1) is 0 Å². The number of nitrogens with zero attached hydrogens (tertiary/aromatic N) is 5. The zero-order chi connectivity index (χ0) is 27.7. The number of hydrogen-bond acceptors (Lipinski definition) is 7. The first-order chi connectivity index (χ1) is 17.3. The number of aliphatic carboxylic acids is 1. The molecule has 3 aromatic rings. The van der Waals surface area contributed by atoms with E-state index in [0.29, 0.717) is 42.6 Å². The summed E-state index contributed by atoms with van der Waals surface area (Å²) in [6.07, 6.45) is -3.19. The first-order valence-corrected chi connectivity index (χ1v) is 11.6. The lowest BCUT2D eigenvalue weighted by molar-refractivity contribution is -0.192. The van der Waals surface area contributed by atoms with Crippen LogP contribution in [0.1, 0.15) is 48.7 Å². The van der Waals surface area contributed by atoms with Gasteiger partial charge in [0.1, 0.15) is 24.5 Å². The van der Waals surface area contributed by atoms with Crippen LogP contribution in [0.15, 0.2) is 12.4 Å². The average molecular weight is 543 g/mol. The monoisotopic (exact) mass is 542 g/mol. The van der Waals surface area contributed by atoms with E-state index < -0.39 is 12.1 Å². The Morgan fingerprint density at radius 3 is 2.54 bits per heavy atom. The van der Waals surface area contributed by atoms with Gasteiger partial charge in [-0.3, -0.25) is 4.79 Å². The number of nitrogens with two attached hydrogens (primary N) is 1. The van der Waals surface area contributed by atoms with Crippen LogP contribution in [0.25, 0.3) is 11.0 Å². The van der Waals surface area contributed by atoms with Crippen LogP contribution in [0, 0.1) is 13.8 Å². The Labute approximate surface area is 215 Å². The highest BCUT2D eigenvalue weighted by Crippen LogP contribution is 2.40. The minimum atomic E-state index is -5.08. The van der Waals surface area contributed by atoms with Gasteiger partial charge in [0.2, 0.25) is 5.91 Å². The minimum Gasteiger partial charge on any atom is -0.491 e. The fourth-order valence-corrected chi connectivity index (χ4v) is 4.24. The van der Waals surface area contributed by atoms with Crippen LogP contribution < -0.4 is 10.5 Å². The standard InChI is InChI=1S/C21H25ClN6O2.C2HF3O2/c1-5-17(29)27-6-7-30-19-14(8-16(22)11(2)15(19)9-27)13(4)28-21-18(12(3)26-28)20(23)24-10-25-21;3-2(4,5)1(6)7/h8,10,13H,5-7,9H2,1-4H3,(H2,23,24,25);(H,6,7). The summed E-state index contributed by atoms with van der Waals surface area (Å²) in [5.41, 5.74) is 10.2. The van der Waals surface area contributed by atoms with E-state index in [2.05, 4.69) is 15.1 Å². The van der Waals surface area contributed by atoms with Crippen LogP contribution in [0.3, 0.4) is 0 Å². The number of alkyl halides is 3. The summed E-state index contributed by atoms with van der Waals surface area (Å²) in [5.74, 6) is -1.49. The number of carbonyl (C=O) groups is 2. The van der Waals surface area contributed by atoms with Crippen molar-refractivity contribution in [2.75, 3.05) is 18.9 Å². The van der Waals surface area contributed by atoms with E-state index >= 15 is 0 Å². The lowest BCUT2D eigenvalue weighted by Gasteiger charge is -2.23. The molecular weight excluding hydrogens is 517 g/mol. The van der Waals surface area contributed by atoms with E-state index in [1.807, 2.05) is 43.3 Å². The Balaban J connectivity index is 0.000000479. The van der Waals surface area contributed by atoms with Crippen molar-refractivity contribution in [3.8, 4) is 5.75 Å². The molecule has 0 radical (unpaired) electrons. The molecule has 0 saturated heterocycles. The third kappa shape index (κ3) is 5.71. The van der Waals surface area contributed by atoms with Gasteiger partial charge in [-0.25, -0.2) is 19.4 Å². The van der Waals surface area contributed by atoms with Gasteiger partial charge in [-0.2, -0.15) is 18.3 Å². The molecule has 0 saturated carbocycles. The van der Waals surface area contributed by atoms with E-state index in [0.717, 1.165) is 33.5 Å². The summed E-state index contributed by atoms with van der Waals surface area (Å²) in [7, 11) is 0. The summed E-state index contributed by atoms with van der Waals surface area (Å²) < 4.78 is 39.7. The number of hydrogen-bond donors (Lipinski definition) is 2. The van der Waals surface area contributed by atoms with E-state index in [1.54, 1.807) is 0 Å². The topological polar surface area (TPSA) is 136 Å². The maximum atomic E-state index is 12.3. The van der Waals surface area contributed by atoms with Crippen molar-refractivity contribution in [1.29, 1.82) is 0 Å². The molecule has 2 aromatic heterocycles. The van der Waals surface area contributed by atoms with Gasteiger partial charge in [0, 0.05) is 29.1 Å². The van der Waals surface area contributed by atoms with Crippen molar-refractivity contribution in [2.24, 2.45) is 0 Å². The second kappa shape index (κ2) is 10.8. The van der Waals surface area contributed by atoms with Gasteiger partial charge < -0.3 is 20.5 Å². The molecule has 1 aliphatic heterocycles. The van der Waals surface area contributed by atoms with E-state index in [4.69, 9.17) is 32.0 Å². The molecule has 0 bridgehead atoms. The quantitative estimate of drug-likeness (QED) is 0.506. The fraction of sp³-hybridized carbons (Fsp3) is 0.435. The molecule has 10 nitrogen and oxygen atoms in total. The second-order valence-corrected chi connectivity index (χ2v) is 8.77. The number of nitrogen functional groups attached to an aromatic ring is 1. The molecule has 3 N–H and O–H groups in total. The summed E-state index contributed by atoms with van der Waals surface area (Å²) in [6.45, 7) is 9.18. The third-order valence-electron chi connectivity index (χ3n) is 5.99. The van der Waals surface area contributed by atoms with Gasteiger partial charge in [-0.05, 0) is 32.4 Å². The molecule has 14 heteroatoms. The Morgan fingerprint density at radius 2 is 1.95 bits per heavy atom. The van der Waals surface area contributed by atoms with Crippen LogP contribution in [-0.4, -0.2) is 61.0 Å². The summed E-state index contributed by atoms with van der Waals surface area (Å²) in [6, 6.07) is 1.71. The van der Waals surface area contributed by atoms with Crippen LogP contribution in [-0.2, 0) is 16.1 Å². The molecule has 1 aliphatic rings. The summed E-state index contributed by atoms with van der Waals surface area (Å²) >= 11 is 6.61. The number of rotatable bonds is 3. The molecule has 1 unspecified atom stereocenters. The van der Waals surface area contributed by atoms with Gasteiger partial charge in [0.25, 0.3) is 0 Å². The Kier molecular flexibility index (Phi) is 8.16. The number of aromatic nitrogens is 4. The molecule has 0 spiro atoms. The van der Waals surface area contributed by atoms with Crippen LogP contribution >= 0.6 is 11.6 Å². The number of carboxylic acids is 1.